The quantitative estimate of drug-likeness (QED) is 0.691. The molecule has 1 heterocycles. The van der Waals surface area contributed by atoms with Crippen LogP contribution in [-0.4, -0.2) is 28.1 Å². The molecule has 0 N–H and O–H groups in total. The zero-order valence-electron chi connectivity index (χ0n) is 9.86. The van der Waals surface area contributed by atoms with Gasteiger partial charge < -0.3 is 4.79 Å². The highest BCUT2D eigenvalue weighted by Crippen LogP contribution is 2.33. The van der Waals surface area contributed by atoms with Gasteiger partial charge in [0.2, 0.25) is 5.67 Å². The minimum absolute atomic E-state index is 0.241. The van der Waals surface area contributed by atoms with Crippen molar-refractivity contribution in [3.8, 4) is 0 Å². The second kappa shape index (κ2) is 5.65. The number of aromatic nitrogens is 3. The average Bonchev–Trinajstić information content (AvgIpc) is 2.70. The van der Waals surface area contributed by atoms with Crippen molar-refractivity contribution in [1.29, 1.82) is 0 Å². The standard InChI is InChI=1S/C10H14FN3O.CH2O/c1-14-9-8(12-13-14)5-3-2-4-6-10(9,11)7-15;1-2/h7H,2-6H2,1H3;1H2. The lowest BCUT2D eigenvalue weighted by molar-refractivity contribution is -0.119. The van der Waals surface area contributed by atoms with E-state index in [0.717, 1.165) is 19.3 Å². The number of hydrogen-bond donors (Lipinski definition) is 0. The maximum Gasteiger partial charge on any atom is 0.208 e. The summed E-state index contributed by atoms with van der Waals surface area (Å²) in [5.74, 6) is 0. The number of alkyl halides is 1. The molecule has 0 aromatic carbocycles. The Morgan fingerprint density at radius 3 is 2.76 bits per heavy atom. The molecule has 1 unspecified atom stereocenters. The zero-order valence-corrected chi connectivity index (χ0v) is 9.86. The summed E-state index contributed by atoms with van der Waals surface area (Å²) >= 11 is 0. The molecule has 1 aromatic heterocycles. The zero-order chi connectivity index (χ0) is 12.9. The van der Waals surface area contributed by atoms with E-state index in [1.165, 1.54) is 4.68 Å². The molecule has 5 nitrogen and oxygen atoms in total. The summed E-state index contributed by atoms with van der Waals surface area (Å²) in [5, 5.41) is 7.71. The molecule has 0 aliphatic heterocycles. The predicted molar refractivity (Wildman–Crippen MR) is 59.1 cm³/mol. The van der Waals surface area contributed by atoms with E-state index in [2.05, 4.69) is 10.3 Å². The average molecular weight is 241 g/mol. The van der Waals surface area contributed by atoms with Crippen LogP contribution in [0.25, 0.3) is 0 Å². The van der Waals surface area contributed by atoms with Gasteiger partial charge in [0.25, 0.3) is 0 Å². The number of hydrogen-bond acceptors (Lipinski definition) is 4. The van der Waals surface area contributed by atoms with Crippen LogP contribution in [0.2, 0.25) is 0 Å². The molecule has 94 valence electrons. The summed E-state index contributed by atoms with van der Waals surface area (Å²) < 4.78 is 15.7. The van der Waals surface area contributed by atoms with Gasteiger partial charge >= 0.3 is 0 Å². The number of rotatable bonds is 1. The number of aldehydes is 1. The van der Waals surface area contributed by atoms with Crippen molar-refractivity contribution in [2.24, 2.45) is 7.05 Å². The molecule has 1 atom stereocenters. The third kappa shape index (κ3) is 2.57. The van der Waals surface area contributed by atoms with E-state index in [4.69, 9.17) is 4.79 Å². The molecule has 2 rings (SSSR count). The first-order valence-electron chi connectivity index (χ1n) is 5.50. The summed E-state index contributed by atoms with van der Waals surface area (Å²) in [6, 6.07) is 0. The van der Waals surface area contributed by atoms with Crippen LogP contribution in [0.1, 0.15) is 37.1 Å². The maximum atomic E-state index is 14.4. The van der Waals surface area contributed by atoms with Crippen LogP contribution in [-0.2, 0) is 28.7 Å². The monoisotopic (exact) mass is 241 g/mol. The van der Waals surface area contributed by atoms with E-state index >= 15 is 0 Å². The lowest BCUT2D eigenvalue weighted by Crippen LogP contribution is -2.27. The fraction of sp³-hybridized carbons (Fsp3) is 0.636. The van der Waals surface area contributed by atoms with Gasteiger partial charge in [0.15, 0.2) is 6.29 Å². The van der Waals surface area contributed by atoms with Crippen molar-refractivity contribution in [2.75, 3.05) is 0 Å². The Hall–Kier alpha value is -1.59. The van der Waals surface area contributed by atoms with E-state index in [0.29, 0.717) is 24.1 Å². The van der Waals surface area contributed by atoms with E-state index in [9.17, 15) is 9.18 Å². The van der Waals surface area contributed by atoms with Crippen molar-refractivity contribution in [3.05, 3.63) is 11.4 Å². The third-order valence-corrected chi connectivity index (χ3v) is 2.93. The fourth-order valence-corrected chi connectivity index (χ4v) is 2.16. The van der Waals surface area contributed by atoms with Gasteiger partial charge in [-0.25, -0.2) is 9.07 Å². The second-order valence-electron chi connectivity index (χ2n) is 4.05. The van der Waals surface area contributed by atoms with Crippen molar-refractivity contribution < 1.29 is 14.0 Å². The summed E-state index contributed by atoms with van der Waals surface area (Å²) in [6.07, 6.45) is 4.00. The number of carbonyl (C=O) groups is 2. The molecule has 0 saturated carbocycles. The molecule has 0 fully saturated rings. The SMILES string of the molecule is C=O.Cn1nnc2c1C(F)(C=O)CCCCC2. The molecule has 1 aliphatic rings. The van der Waals surface area contributed by atoms with Crippen LogP contribution in [0.3, 0.4) is 0 Å². The number of carbonyl (C=O) groups excluding carboxylic acids is 2. The minimum atomic E-state index is -1.89. The molecule has 0 radical (unpaired) electrons. The van der Waals surface area contributed by atoms with Gasteiger partial charge in [0.1, 0.15) is 12.5 Å². The van der Waals surface area contributed by atoms with Crippen molar-refractivity contribution in [3.63, 3.8) is 0 Å². The number of halogens is 1. The Morgan fingerprint density at radius 2 is 2.12 bits per heavy atom. The smallest absolute Gasteiger partial charge is 0.208 e. The normalized spacial score (nSPS) is 23.6. The van der Waals surface area contributed by atoms with Gasteiger partial charge in [-0.1, -0.05) is 11.6 Å². The van der Waals surface area contributed by atoms with Crippen molar-refractivity contribution in [1.82, 2.24) is 15.0 Å². The molecular formula is C11H16FN3O2. The lowest BCUT2D eigenvalue weighted by atomic mass is 9.90. The first-order valence-corrected chi connectivity index (χ1v) is 5.50. The second-order valence-corrected chi connectivity index (χ2v) is 4.05. The Bertz CT molecular complexity index is 394. The first kappa shape index (κ1) is 13.5. The Labute approximate surface area is 99.0 Å². The van der Waals surface area contributed by atoms with Gasteiger partial charge in [-0.15, -0.1) is 5.10 Å². The molecule has 0 bridgehead atoms. The summed E-state index contributed by atoms with van der Waals surface area (Å²) in [7, 11) is 1.63. The van der Waals surface area contributed by atoms with E-state index in [1.807, 2.05) is 6.79 Å². The number of nitrogens with zero attached hydrogens (tertiary/aromatic N) is 3. The maximum absolute atomic E-state index is 14.4. The largest absolute Gasteiger partial charge is 0.307 e. The third-order valence-electron chi connectivity index (χ3n) is 2.93. The van der Waals surface area contributed by atoms with Crippen LogP contribution in [0.4, 0.5) is 4.39 Å². The predicted octanol–water partition coefficient (Wildman–Crippen LogP) is 1.11. The lowest BCUT2D eigenvalue weighted by Gasteiger charge is -2.21. The van der Waals surface area contributed by atoms with E-state index in [-0.39, 0.29) is 6.42 Å². The fourth-order valence-electron chi connectivity index (χ4n) is 2.16. The molecular weight excluding hydrogens is 225 g/mol. The van der Waals surface area contributed by atoms with Crippen molar-refractivity contribution in [2.45, 2.75) is 37.8 Å². The summed E-state index contributed by atoms with van der Waals surface area (Å²) in [6.45, 7) is 2.00. The van der Waals surface area contributed by atoms with Crippen LogP contribution in [0.15, 0.2) is 0 Å². The van der Waals surface area contributed by atoms with Gasteiger partial charge in [0.05, 0.1) is 5.69 Å². The molecule has 0 spiro atoms. The van der Waals surface area contributed by atoms with Crippen LogP contribution < -0.4 is 0 Å². The summed E-state index contributed by atoms with van der Waals surface area (Å²) in [4.78, 5) is 18.9. The van der Waals surface area contributed by atoms with Gasteiger partial charge in [-0.3, -0.25) is 4.79 Å². The van der Waals surface area contributed by atoms with Crippen molar-refractivity contribution >= 4 is 13.1 Å². The highest BCUT2D eigenvalue weighted by molar-refractivity contribution is 5.65. The molecule has 0 amide bonds. The highest BCUT2D eigenvalue weighted by atomic mass is 19.1. The van der Waals surface area contributed by atoms with E-state index in [1.54, 1.807) is 7.05 Å². The van der Waals surface area contributed by atoms with Crippen LogP contribution in [0, 0.1) is 0 Å². The van der Waals surface area contributed by atoms with Gasteiger partial charge in [-0.05, 0) is 25.7 Å². The highest BCUT2D eigenvalue weighted by Gasteiger charge is 2.38. The van der Waals surface area contributed by atoms with Gasteiger partial charge in [-0.2, -0.15) is 0 Å². The minimum Gasteiger partial charge on any atom is -0.307 e. The molecule has 0 saturated heterocycles. The Morgan fingerprint density at radius 1 is 1.41 bits per heavy atom. The number of aryl methyl sites for hydroxylation is 2. The Balaban J connectivity index is 0.000000686. The molecule has 17 heavy (non-hydrogen) atoms. The Kier molecular flexibility index (Phi) is 4.48. The summed E-state index contributed by atoms with van der Waals surface area (Å²) in [5.41, 5.74) is -0.919. The molecule has 1 aliphatic carbocycles. The van der Waals surface area contributed by atoms with Gasteiger partial charge in [0, 0.05) is 7.05 Å². The van der Waals surface area contributed by atoms with E-state index < -0.39 is 5.67 Å². The van der Waals surface area contributed by atoms with Crippen LogP contribution >= 0.6 is 0 Å². The molecule has 1 aromatic rings. The first-order chi connectivity index (χ1) is 8.17. The molecule has 6 heteroatoms. The van der Waals surface area contributed by atoms with Crippen LogP contribution in [0.5, 0.6) is 0 Å². The topological polar surface area (TPSA) is 64.8 Å². The number of fused-ring (bicyclic) bond motifs is 1.